The van der Waals surface area contributed by atoms with Crippen LogP contribution in [0.3, 0.4) is 0 Å². The number of nitrogens with one attached hydrogen (secondary N) is 1. The zero-order valence-electron chi connectivity index (χ0n) is 10.4. The van der Waals surface area contributed by atoms with Crippen molar-refractivity contribution in [3.8, 4) is 5.69 Å². The first-order valence-corrected chi connectivity index (χ1v) is 6.35. The first kappa shape index (κ1) is 11.2. The van der Waals surface area contributed by atoms with E-state index in [1.54, 1.807) is 0 Å². The van der Waals surface area contributed by atoms with Gasteiger partial charge in [-0.25, -0.2) is 0 Å². The second-order valence-corrected chi connectivity index (χ2v) is 4.96. The normalized spacial score (nSPS) is 11.0. The summed E-state index contributed by atoms with van der Waals surface area (Å²) in [6.45, 7) is 4.19. The summed E-state index contributed by atoms with van der Waals surface area (Å²) in [4.78, 5) is 3.27. The first-order chi connectivity index (χ1) is 8.66. The molecule has 18 heavy (non-hydrogen) atoms. The molecule has 0 atom stereocenters. The van der Waals surface area contributed by atoms with E-state index in [2.05, 4.69) is 53.7 Å². The summed E-state index contributed by atoms with van der Waals surface area (Å²) in [5, 5.41) is 0. The van der Waals surface area contributed by atoms with Crippen molar-refractivity contribution in [2.24, 2.45) is 0 Å². The zero-order valence-corrected chi connectivity index (χ0v) is 11.2. The summed E-state index contributed by atoms with van der Waals surface area (Å²) < 4.78 is 2.84. The molecular formula is C15H14N2S. The number of rotatable bonds is 1. The fraction of sp³-hybridized carbons (Fsp3) is 0.133. The molecule has 0 saturated heterocycles. The van der Waals surface area contributed by atoms with E-state index >= 15 is 0 Å². The second kappa shape index (κ2) is 4.10. The summed E-state index contributed by atoms with van der Waals surface area (Å²) in [7, 11) is 0. The molecule has 0 aliphatic rings. The molecule has 1 heterocycles. The maximum atomic E-state index is 5.45. The predicted molar refractivity (Wildman–Crippen MR) is 77.9 cm³/mol. The highest BCUT2D eigenvalue weighted by Crippen LogP contribution is 2.22. The topological polar surface area (TPSA) is 20.7 Å². The van der Waals surface area contributed by atoms with Crippen LogP contribution in [0.15, 0.2) is 42.5 Å². The lowest BCUT2D eigenvalue weighted by Gasteiger charge is -2.07. The summed E-state index contributed by atoms with van der Waals surface area (Å²) in [5.41, 5.74) is 5.80. The summed E-state index contributed by atoms with van der Waals surface area (Å²) in [5.74, 6) is 0. The van der Waals surface area contributed by atoms with Gasteiger partial charge in [0.05, 0.1) is 16.7 Å². The maximum Gasteiger partial charge on any atom is 0.182 e. The highest BCUT2D eigenvalue weighted by molar-refractivity contribution is 7.71. The summed E-state index contributed by atoms with van der Waals surface area (Å²) in [6, 6.07) is 14.6. The van der Waals surface area contributed by atoms with E-state index in [9.17, 15) is 0 Å². The number of aromatic amines is 1. The van der Waals surface area contributed by atoms with Gasteiger partial charge in [0.15, 0.2) is 4.77 Å². The number of nitrogens with zero attached hydrogens (tertiary/aromatic N) is 1. The lowest BCUT2D eigenvalue weighted by Crippen LogP contribution is -1.96. The number of benzene rings is 2. The van der Waals surface area contributed by atoms with Crippen molar-refractivity contribution >= 4 is 23.3 Å². The number of H-pyrrole nitrogens is 1. The van der Waals surface area contributed by atoms with Gasteiger partial charge < -0.3 is 4.98 Å². The van der Waals surface area contributed by atoms with Gasteiger partial charge >= 0.3 is 0 Å². The minimum absolute atomic E-state index is 0.741. The average Bonchev–Trinajstić information content (AvgIpc) is 2.65. The van der Waals surface area contributed by atoms with Gasteiger partial charge in [-0.05, 0) is 55.4 Å². The molecule has 2 aromatic carbocycles. The van der Waals surface area contributed by atoms with Crippen LogP contribution in [-0.4, -0.2) is 9.55 Å². The molecule has 1 aromatic heterocycles. The summed E-state index contributed by atoms with van der Waals surface area (Å²) in [6.07, 6.45) is 0. The molecule has 1 N–H and O–H groups in total. The standard InChI is InChI=1S/C15H14N2S/c1-10-7-8-14-12(9-10)16-15(18)17(14)13-6-4-3-5-11(13)2/h3-9H,1-2H3,(H,16,18). The number of fused-ring (bicyclic) bond motifs is 1. The van der Waals surface area contributed by atoms with Gasteiger partial charge in [0.2, 0.25) is 0 Å². The molecule has 0 unspecified atom stereocenters. The largest absolute Gasteiger partial charge is 0.330 e. The van der Waals surface area contributed by atoms with Crippen molar-refractivity contribution in [2.75, 3.05) is 0 Å². The molecule has 90 valence electrons. The van der Waals surface area contributed by atoms with Gasteiger partial charge in [-0.15, -0.1) is 0 Å². The van der Waals surface area contributed by atoms with Crippen molar-refractivity contribution < 1.29 is 0 Å². The number of aromatic nitrogens is 2. The highest BCUT2D eigenvalue weighted by atomic mass is 32.1. The number of hydrogen-bond acceptors (Lipinski definition) is 1. The Morgan fingerprint density at radius 3 is 2.61 bits per heavy atom. The van der Waals surface area contributed by atoms with Crippen molar-refractivity contribution in [1.29, 1.82) is 0 Å². The minimum atomic E-state index is 0.741. The smallest absolute Gasteiger partial charge is 0.182 e. The van der Waals surface area contributed by atoms with Crippen LogP contribution >= 0.6 is 12.2 Å². The number of aryl methyl sites for hydroxylation is 2. The second-order valence-electron chi connectivity index (χ2n) is 4.57. The predicted octanol–water partition coefficient (Wildman–Crippen LogP) is 4.30. The number of hydrogen-bond donors (Lipinski definition) is 1. The Hall–Kier alpha value is -1.87. The van der Waals surface area contributed by atoms with Gasteiger partial charge in [0.25, 0.3) is 0 Å². The van der Waals surface area contributed by atoms with Gasteiger partial charge in [-0.1, -0.05) is 24.3 Å². The highest BCUT2D eigenvalue weighted by Gasteiger charge is 2.07. The van der Waals surface area contributed by atoms with E-state index in [-0.39, 0.29) is 0 Å². The van der Waals surface area contributed by atoms with Crippen LogP contribution < -0.4 is 0 Å². The monoisotopic (exact) mass is 254 g/mol. The Morgan fingerprint density at radius 2 is 1.83 bits per heavy atom. The van der Waals surface area contributed by atoms with Crippen LogP contribution in [0.4, 0.5) is 0 Å². The van der Waals surface area contributed by atoms with Crippen molar-refractivity contribution in [3.05, 3.63) is 58.4 Å². The van der Waals surface area contributed by atoms with Crippen LogP contribution in [0.5, 0.6) is 0 Å². The van der Waals surface area contributed by atoms with Crippen LogP contribution in [0.2, 0.25) is 0 Å². The third-order valence-electron chi connectivity index (χ3n) is 3.19. The Morgan fingerprint density at radius 1 is 1.06 bits per heavy atom. The molecule has 0 aliphatic heterocycles. The van der Waals surface area contributed by atoms with Gasteiger partial charge in [0, 0.05) is 0 Å². The SMILES string of the molecule is Cc1ccc2c(c1)[nH]c(=S)n2-c1ccccc1C. The molecule has 2 nitrogen and oxygen atoms in total. The molecule has 0 saturated carbocycles. The third-order valence-corrected chi connectivity index (χ3v) is 3.48. The maximum absolute atomic E-state index is 5.45. The molecule has 3 heteroatoms. The molecule has 0 spiro atoms. The average molecular weight is 254 g/mol. The van der Waals surface area contributed by atoms with Gasteiger partial charge in [-0.2, -0.15) is 0 Å². The van der Waals surface area contributed by atoms with Crippen molar-refractivity contribution in [3.63, 3.8) is 0 Å². The molecule has 0 fully saturated rings. The number of para-hydroxylation sites is 1. The molecule has 0 amide bonds. The van der Waals surface area contributed by atoms with Gasteiger partial charge in [-0.3, -0.25) is 4.57 Å². The van der Waals surface area contributed by atoms with E-state index in [0.29, 0.717) is 0 Å². The molecule has 0 bridgehead atoms. The summed E-state index contributed by atoms with van der Waals surface area (Å²) >= 11 is 5.45. The van der Waals surface area contributed by atoms with Crippen LogP contribution in [-0.2, 0) is 0 Å². The van der Waals surface area contributed by atoms with Gasteiger partial charge in [0.1, 0.15) is 0 Å². The fourth-order valence-electron chi connectivity index (χ4n) is 2.28. The van der Waals surface area contributed by atoms with E-state index < -0.39 is 0 Å². The quantitative estimate of drug-likeness (QED) is 0.642. The molecule has 3 rings (SSSR count). The molecule has 0 aliphatic carbocycles. The fourth-order valence-corrected chi connectivity index (χ4v) is 2.59. The lowest BCUT2D eigenvalue weighted by atomic mass is 10.2. The molecular weight excluding hydrogens is 240 g/mol. The number of imidazole rings is 1. The van der Waals surface area contributed by atoms with E-state index in [1.165, 1.54) is 11.1 Å². The van der Waals surface area contributed by atoms with Crippen LogP contribution in [0.1, 0.15) is 11.1 Å². The molecule has 0 radical (unpaired) electrons. The van der Waals surface area contributed by atoms with Crippen LogP contribution in [0.25, 0.3) is 16.7 Å². The van der Waals surface area contributed by atoms with Crippen molar-refractivity contribution in [2.45, 2.75) is 13.8 Å². The Kier molecular flexibility index (Phi) is 2.56. The van der Waals surface area contributed by atoms with Crippen LogP contribution in [0, 0.1) is 18.6 Å². The van der Waals surface area contributed by atoms with Crippen molar-refractivity contribution in [1.82, 2.24) is 9.55 Å². The van der Waals surface area contributed by atoms with E-state index in [1.807, 2.05) is 12.1 Å². The Labute approximate surface area is 111 Å². The Balaban J connectivity index is 2.40. The minimum Gasteiger partial charge on any atom is -0.330 e. The Bertz CT molecular complexity index is 781. The van der Waals surface area contributed by atoms with E-state index in [4.69, 9.17) is 12.2 Å². The van der Waals surface area contributed by atoms with E-state index in [0.717, 1.165) is 21.5 Å². The zero-order chi connectivity index (χ0) is 12.7. The lowest BCUT2D eigenvalue weighted by molar-refractivity contribution is 1.05. The third kappa shape index (κ3) is 1.68. The molecule has 3 aromatic rings. The first-order valence-electron chi connectivity index (χ1n) is 5.94.